The van der Waals surface area contributed by atoms with Gasteiger partial charge in [0.2, 0.25) is 0 Å². The lowest BCUT2D eigenvalue weighted by molar-refractivity contribution is -0.162. The van der Waals surface area contributed by atoms with Crippen LogP contribution in [-0.4, -0.2) is 48.2 Å². The molecule has 0 spiro atoms. The summed E-state index contributed by atoms with van der Waals surface area (Å²) in [4.78, 5) is 28.5. The third kappa shape index (κ3) is 4.33. The Morgan fingerprint density at radius 2 is 1.90 bits per heavy atom. The third-order valence-electron chi connectivity index (χ3n) is 6.10. The monoisotopic (exact) mass is 402 g/mol. The molecule has 1 aromatic rings. The standard InChI is InChI=1S/C23H34N2O4/c1-5-28-22(27)20-17(23(2,3)4)18(24)19(15-11-7-6-8-12-15)25(20)21(26)16-13-9-10-14-29-16/h6-8,11-12,16-20H,5,9-10,13-14,24H2,1-4H3. The number of likely N-dealkylation sites (tertiary alicyclic amines) is 1. The second-order valence-corrected chi connectivity index (χ2v) is 9.12. The van der Waals surface area contributed by atoms with Gasteiger partial charge in [0, 0.05) is 18.6 Å². The Hall–Kier alpha value is -1.92. The molecule has 0 radical (unpaired) electrons. The summed E-state index contributed by atoms with van der Waals surface area (Å²) in [6, 6.07) is 8.24. The highest BCUT2D eigenvalue weighted by molar-refractivity contribution is 5.89. The van der Waals surface area contributed by atoms with Crippen molar-refractivity contribution in [2.45, 2.75) is 71.2 Å². The molecule has 160 valence electrons. The van der Waals surface area contributed by atoms with E-state index in [0.29, 0.717) is 13.0 Å². The van der Waals surface area contributed by atoms with Crippen molar-refractivity contribution in [1.29, 1.82) is 0 Å². The molecule has 5 atom stereocenters. The van der Waals surface area contributed by atoms with Crippen LogP contribution in [0.4, 0.5) is 0 Å². The number of rotatable bonds is 4. The van der Waals surface area contributed by atoms with E-state index in [4.69, 9.17) is 15.2 Å². The molecular weight excluding hydrogens is 368 g/mol. The first kappa shape index (κ1) is 21.8. The summed E-state index contributed by atoms with van der Waals surface area (Å²) in [6.45, 7) is 8.81. The van der Waals surface area contributed by atoms with Crippen LogP contribution >= 0.6 is 0 Å². The summed E-state index contributed by atoms with van der Waals surface area (Å²) in [6.07, 6.45) is 2.04. The lowest BCUT2D eigenvalue weighted by Crippen LogP contribution is -2.51. The fourth-order valence-electron chi connectivity index (χ4n) is 4.89. The molecule has 0 bridgehead atoms. The number of nitrogens with zero attached hydrogens (tertiary/aromatic N) is 1. The quantitative estimate of drug-likeness (QED) is 0.783. The predicted molar refractivity (Wildman–Crippen MR) is 111 cm³/mol. The molecule has 0 aliphatic carbocycles. The largest absolute Gasteiger partial charge is 0.464 e. The summed E-state index contributed by atoms with van der Waals surface area (Å²) < 4.78 is 11.2. The molecule has 6 heteroatoms. The first-order valence-electron chi connectivity index (χ1n) is 10.7. The van der Waals surface area contributed by atoms with Crippen LogP contribution in [0.3, 0.4) is 0 Å². The maximum Gasteiger partial charge on any atom is 0.329 e. The van der Waals surface area contributed by atoms with Gasteiger partial charge in [-0.2, -0.15) is 0 Å². The lowest BCUT2D eigenvalue weighted by Gasteiger charge is -2.36. The molecule has 0 saturated carbocycles. The average Bonchev–Trinajstić information content (AvgIpc) is 3.02. The van der Waals surface area contributed by atoms with Crippen molar-refractivity contribution >= 4 is 11.9 Å². The van der Waals surface area contributed by atoms with E-state index in [-0.39, 0.29) is 35.9 Å². The van der Waals surface area contributed by atoms with Crippen LogP contribution < -0.4 is 5.73 Å². The van der Waals surface area contributed by atoms with Gasteiger partial charge < -0.3 is 20.1 Å². The van der Waals surface area contributed by atoms with Gasteiger partial charge in [0.05, 0.1) is 12.6 Å². The molecule has 2 aliphatic heterocycles. The summed E-state index contributed by atoms with van der Waals surface area (Å²) in [5.41, 5.74) is 7.43. The average molecular weight is 403 g/mol. The molecule has 6 nitrogen and oxygen atoms in total. The molecule has 2 saturated heterocycles. The number of nitrogens with two attached hydrogens (primary N) is 1. The molecule has 1 amide bonds. The Balaban J connectivity index is 2.09. The number of benzene rings is 1. The SMILES string of the molecule is CCOC(=O)C1C(C(C)(C)C)C(N)C(c2ccccc2)N1C(=O)C1CCCCO1. The van der Waals surface area contributed by atoms with E-state index in [1.165, 1.54) is 0 Å². The zero-order valence-electron chi connectivity index (χ0n) is 18.0. The van der Waals surface area contributed by atoms with Crippen LogP contribution in [-0.2, 0) is 19.1 Å². The first-order chi connectivity index (χ1) is 13.8. The molecule has 2 heterocycles. The second-order valence-electron chi connectivity index (χ2n) is 9.12. The first-order valence-corrected chi connectivity index (χ1v) is 10.7. The molecule has 1 aromatic carbocycles. The van der Waals surface area contributed by atoms with E-state index in [9.17, 15) is 9.59 Å². The smallest absolute Gasteiger partial charge is 0.329 e. The van der Waals surface area contributed by atoms with Gasteiger partial charge >= 0.3 is 5.97 Å². The summed E-state index contributed by atoms with van der Waals surface area (Å²) in [5, 5.41) is 0. The van der Waals surface area contributed by atoms with Gasteiger partial charge in [0.1, 0.15) is 12.1 Å². The third-order valence-corrected chi connectivity index (χ3v) is 6.10. The van der Waals surface area contributed by atoms with Crippen molar-refractivity contribution in [3.8, 4) is 0 Å². The van der Waals surface area contributed by atoms with Crippen molar-refractivity contribution in [1.82, 2.24) is 4.90 Å². The number of hydrogen-bond donors (Lipinski definition) is 1. The van der Waals surface area contributed by atoms with E-state index in [0.717, 1.165) is 18.4 Å². The lowest BCUT2D eigenvalue weighted by atomic mass is 9.73. The van der Waals surface area contributed by atoms with Gasteiger partial charge in [-0.25, -0.2) is 4.79 Å². The number of ether oxygens (including phenoxy) is 2. The van der Waals surface area contributed by atoms with Gasteiger partial charge in [0.15, 0.2) is 0 Å². The Morgan fingerprint density at radius 1 is 1.21 bits per heavy atom. The molecule has 3 rings (SSSR count). The van der Waals surface area contributed by atoms with Crippen molar-refractivity contribution < 1.29 is 19.1 Å². The van der Waals surface area contributed by atoms with Crippen LogP contribution in [0.5, 0.6) is 0 Å². The van der Waals surface area contributed by atoms with E-state index in [1.807, 2.05) is 30.3 Å². The zero-order valence-corrected chi connectivity index (χ0v) is 18.0. The fourth-order valence-corrected chi connectivity index (χ4v) is 4.89. The molecule has 2 fully saturated rings. The van der Waals surface area contributed by atoms with Crippen LogP contribution in [0, 0.1) is 11.3 Å². The highest BCUT2D eigenvalue weighted by atomic mass is 16.5. The number of carbonyl (C=O) groups is 2. The zero-order chi connectivity index (χ0) is 21.2. The minimum absolute atomic E-state index is 0.154. The highest BCUT2D eigenvalue weighted by Crippen LogP contribution is 2.47. The predicted octanol–water partition coefficient (Wildman–Crippen LogP) is 3.06. The van der Waals surface area contributed by atoms with E-state index < -0.39 is 18.2 Å². The topological polar surface area (TPSA) is 81.9 Å². The van der Waals surface area contributed by atoms with Gasteiger partial charge in [-0.05, 0) is 37.2 Å². The highest BCUT2D eigenvalue weighted by Gasteiger charge is 2.58. The van der Waals surface area contributed by atoms with Crippen LogP contribution in [0.25, 0.3) is 0 Å². The summed E-state index contributed by atoms with van der Waals surface area (Å²) >= 11 is 0. The van der Waals surface area contributed by atoms with Crippen molar-refractivity contribution in [2.24, 2.45) is 17.1 Å². The van der Waals surface area contributed by atoms with Gasteiger partial charge in [0.25, 0.3) is 5.91 Å². The van der Waals surface area contributed by atoms with Crippen molar-refractivity contribution in [3.63, 3.8) is 0 Å². The Kier molecular flexibility index (Phi) is 6.64. The number of hydrogen-bond acceptors (Lipinski definition) is 5. The van der Waals surface area contributed by atoms with Crippen LogP contribution in [0.1, 0.15) is 58.6 Å². The second kappa shape index (κ2) is 8.84. The summed E-state index contributed by atoms with van der Waals surface area (Å²) in [5.74, 6) is -0.774. The minimum Gasteiger partial charge on any atom is -0.464 e. The molecule has 2 N–H and O–H groups in total. The minimum atomic E-state index is -0.729. The molecule has 5 unspecified atom stereocenters. The Labute approximate surface area is 173 Å². The molecule has 2 aliphatic rings. The molecule has 0 aromatic heterocycles. The van der Waals surface area contributed by atoms with E-state index in [2.05, 4.69) is 20.8 Å². The Bertz CT molecular complexity index is 709. The Morgan fingerprint density at radius 3 is 2.45 bits per heavy atom. The van der Waals surface area contributed by atoms with E-state index >= 15 is 0 Å². The number of amides is 1. The van der Waals surface area contributed by atoms with Crippen LogP contribution in [0.2, 0.25) is 0 Å². The van der Waals surface area contributed by atoms with Gasteiger partial charge in [-0.15, -0.1) is 0 Å². The molecule has 29 heavy (non-hydrogen) atoms. The molecular formula is C23H34N2O4. The number of carbonyl (C=O) groups excluding carboxylic acids is 2. The fraction of sp³-hybridized carbons (Fsp3) is 0.652. The van der Waals surface area contributed by atoms with Gasteiger partial charge in [-0.3, -0.25) is 4.79 Å². The van der Waals surface area contributed by atoms with Gasteiger partial charge in [-0.1, -0.05) is 51.1 Å². The summed E-state index contributed by atoms with van der Waals surface area (Å²) in [7, 11) is 0. The van der Waals surface area contributed by atoms with Crippen LogP contribution in [0.15, 0.2) is 30.3 Å². The normalized spacial score (nSPS) is 30.2. The maximum atomic E-state index is 13.7. The van der Waals surface area contributed by atoms with Crippen molar-refractivity contribution in [2.75, 3.05) is 13.2 Å². The maximum absolute atomic E-state index is 13.7. The number of esters is 1. The van der Waals surface area contributed by atoms with Crippen molar-refractivity contribution in [3.05, 3.63) is 35.9 Å². The van der Waals surface area contributed by atoms with E-state index in [1.54, 1.807) is 11.8 Å².